The van der Waals surface area contributed by atoms with E-state index in [-0.39, 0.29) is 23.2 Å². The van der Waals surface area contributed by atoms with Crippen molar-refractivity contribution >= 4 is 0 Å². The Morgan fingerprint density at radius 2 is 1.80 bits per heavy atom. The van der Waals surface area contributed by atoms with E-state index < -0.39 is 0 Å². The van der Waals surface area contributed by atoms with Gasteiger partial charge < -0.3 is 9.84 Å². The third-order valence-electron chi connectivity index (χ3n) is 11.0. The molecular formula is C28H44O2. The summed E-state index contributed by atoms with van der Waals surface area (Å²) in [7, 11) is 0. The van der Waals surface area contributed by atoms with Crippen LogP contribution in [0.15, 0.2) is 23.8 Å². The molecule has 2 heteroatoms. The summed E-state index contributed by atoms with van der Waals surface area (Å²) in [5.74, 6) is 4.03. The summed E-state index contributed by atoms with van der Waals surface area (Å²) in [6, 6.07) is 0. The number of hydrogen-bond donors (Lipinski definition) is 1. The zero-order valence-corrected chi connectivity index (χ0v) is 20.2. The lowest BCUT2D eigenvalue weighted by Crippen LogP contribution is -2.57. The molecule has 1 N–H and O–H groups in total. The molecule has 30 heavy (non-hydrogen) atoms. The SMILES string of the molecule is CC(C)[C@@H](C)C=C[C@@H](C)[C@H]1CC[C@H]2C3=CC4O[C@@]3(CC[C@]12C)[C@@]1(C)CC[C@H](O)CC41. The minimum Gasteiger partial charge on any atom is -0.393 e. The fourth-order valence-corrected chi connectivity index (χ4v) is 8.67. The van der Waals surface area contributed by atoms with Gasteiger partial charge >= 0.3 is 0 Å². The predicted molar refractivity (Wildman–Crippen MR) is 123 cm³/mol. The first-order chi connectivity index (χ1) is 14.1. The van der Waals surface area contributed by atoms with E-state index in [0.29, 0.717) is 35.0 Å². The fraction of sp³-hybridized carbons (Fsp3) is 0.857. The number of ether oxygens (including phenoxy) is 1. The lowest BCUT2D eigenvalue weighted by atomic mass is 9.47. The van der Waals surface area contributed by atoms with Crippen LogP contribution in [-0.4, -0.2) is 22.9 Å². The number of allylic oxidation sites excluding steroid dienone is 2. The Labute approximate surface area is 184 Å². The first-order valence-electron chi connectivity index (χ1n) is 12.9. The van der Waals surface area contributed by atoms with Crippen LogP contribution < -0.4 is 0 Å². The van der Waals surface area contributed by atoms with E-state index in [0.717, 1.165) is 25.2 Å². The molecule has 0 radical (unpaired) electrons. The molecule has 5 aliphatic rings. The maximum atomic E-state index is 10.3. The Kier molecular flexibility index (Phi) is 4.92. The van der Waals surface area contributed by atoms with Crippen molar-refractivity contribution in [3.63, 3.8) is 0 Å². The predicted octanol–water partition coefficient (Wildman–Crippen LogP) is 6.54. The maximum absolute atomic E-state index is 10.3. The monoisotopic (exact) mass is 412 g/mol. The van der Waals surface area contributed by atoms with E-state index in [1.54, 1.807) is 5.57 Å². The molecule has 0 amide bonds. The van der Waals surface area contributed by atoms with Crippen molar-refractivity contribution < 1.29 is 9.84 Å². The van der Waals surface area contributed by atoms with E-state index in [1.807, 2.05) is 0 Å². The number of aliphatic hydroxyl groups excluding tert-OH is 1. The van der Waals surface area contributed by atoms with Gasteiger partial charge in [0.25, 0.3) is 0 Å². The molecule has 1 spiro atoms. The molecule has 1 saturated heterocycles. The average Bonchev–Trinajstić information content (AvgIpc) is 3.32. The zero-order chi connectivity index (χ0) is 21.5. The van der Waals surface area contributed by atoms with Crippen molar-refractivity contribution in [2.75, 3.05) is 0 Å². The largest absolute Gasteiger partial charge is 0.393 e. The van der Waals surface area contributed by atoms with Crippen LogP contribution in [0.25, 0.3) is 0 Å². The van der Waals surface area contributed by atoms with Crippen LogP contribution >= 0.6 is 0 Å². The highest BCUT2D eigenvalue weighted by atomic mass is 16.5. The Morgan fingerprint density at radius 3 is 2.53 bits per heavy atom. The summed E-state index contributed by atoms with van der Waals surface area (Å²) < 4.78 is 6.90. The van der Waals surface area contributed by atoms with Crippen molar-refractivity contribution in [1.82, 2.24) is 0 Å². The van der Waals surface area contributed by atoms with Crippen LogP contribution in [0.4, 0.5) is 0 Å². The summed E-state index contributed by atoms with van der Waals surface area (Å²) in [4.78, 5) is 0. The third-order valence-corrected chi connectivity index (χ3v) is 11.0. The summed E-state index contributed by atoms with van der Waals surface area (Å²) in [5, 5.41) is 10.3. The first kappa shape index (κ1) is 21.3. The first-order valence-corrected chi connectivity index (χ1v) is 12.9. The van der Waals surface area contributed by atoms with Crippen LogP contribution in [0.3, 0.4) is 0 Å². The van der Waals surface area contributed by atoms with Gasteiger partial charge in [0.05, 0.1) is 17.8 Å². The average molecular weight is 413 g/mol. The molecule has 0 aromatic heterocycles. The van der Waals surface area contributed by atoms with Crippen LogP contribution in [-0.2, 0) is 4.74 Å². The van der Waals surface area contributed by atoms with Gasteiger partial charge in [0.15, 0.2) is 0 Å². The molecule has 0 aromatic rings. The topological polar surface area (TPSA) is 29.5 Å². The second-order valence-corrected chi connectivity index (χ2v) is 12.6. The van der Waals surface area contributed by atoms with Gasteiger partial charge in [-0.1, -0.05) is 59.8 Å². The maximum Gasteiger partial charge on any atom is 0.0960 e. The molecule has 5 rings (SSSR count). The van der Waals surface area contributed by atoms with Crippen molar-refractivity contribution in [2.24, 2.45) is 46.3 Å². The van der Waals surface area contributed by atoms with Crippen LogP contribution in [0, 0.1) is 46.3 Å². The standard InChI is InChI=1S/C28H44O2/c1-17(2)18(3)7-8-19(4)21-9-10-22-23-16-25-24-15-20(29)11-12-27(24,6)28(23,30-25)14-13-26(21,22)5/h7-8,16-22,24-25,29H,9-15H2,1-6H3/t18-,19+,20-,21+,22-,24?,25?,26+,27-,28+/m0/s1. The second kappa shape index (κ2) is 6.95. The van der Waals surface area contributed by atoms with E-state index >= 15 is 0 Å². The smallest absolute Gasteiger partial charge is 0.0960 e. The zero-order valence-electron chi connectivity index (χ0n) is 20.2. The molecule has 2 heterocycles. The summed E-state index contributed by atoms with van der Waals surface area (Å²) in [6.07, 6.45) is 15.9. The van der Waals surface area contributed by atoms with Crippen molar-refractivity contribution in [3.05, 3.63) is 23.8 Å². The minimum atomic E-state index is -0.121. The molecule has 2 bridgehead atoms. The van der Waals surface area contributed by atoms with E-state index in [9.17, 15) is 5.11 Å². The molecule has 168 valence electrons. The Balaban J connectivity index is 1.41. The van der Waals surface area contributed by atoms with Crippen molar-refractivity contribution in [2.45, 2.75) is 104 Å². The number of hydrogen-bond acceptors (Lipinski definition) is 2. The summed E-state index contributed by atoms with van der Waals surface area (Å²) in [6.45, 7) is 14.6. The molecule has 2 nitrogen and oxygen atoms in total. The van der Waals surface area contributed by atoms with Gasteiger partial charge in [-0.2, -0.15) is 0 Å². The second-order valence-electron chi connectivity index (χ2n) is 12.6. The van der Waals surface area contributed by atoms with Crippen LogP contribution in [0.1, 0.15) is 86.5 Å². The number of rotatable bonds is 4. The normalized spacial score (nSPS) is 51.6. The number of aliphatic hydroxyl groups is 1. The van der Waals surface area contributed by atoms with Gasteiger partial charge in [-0.15, -0.1) is 0 Å². The van der Waals surface area contributed by atoms with E-state index in [1.165, 1.54) is 25.7 Å². The lowest BCUT2D eigenvalue weighted by Gasteiger charge is -2.57. The van der Waals surface area contributed by atoms with Gasteiger partial charge in [-0.25, -0.2) is 0 Å². The van der Waals surface area contributed by atoms with E-state index in [4.69, 9.17) is 4.74 Å². The van der Waals surface area contributed by atoms with Crippen LogP contribution in [0.2, 0.25) is 0 Å². The molecule has 2 unspecified atom stereocenters. The summed E-state index contributed by atoms with van der Waals surface area (Å²) in [5.41, 5.74) is 2.31. The van der Waals surface area contributed by atoms with Gasteiger partial charge in [0.2, 0.25) is 0 Å². The highest BCUT2D eigenvalue weighted by molar-refractivity contribution is 5.42. The fourth-order valence-electron chi connectivity index (χ4n) is 8.67. The highest BCUT2D eigenvalue weighted by Crippen LogP contribution is 2.73. The van der Waals surface area contributed by atoms with Gasteiger partial charge in [0, 0.05) is 5.41 Å². The summed E-state index contributed by atoms with van der Waals surface area (Å²) >= 11 is 0. The third kappa shape index (κ3) is 2.68. The molecular weight excluding hydrogens is 368 g/mol. The quantitative estimate of drug-likeness (QED) is 0.531. The van der Waals surface area contributed by atoms with Gasteiger partial charge in [-0.3, -0.25) is 0 Å². The van der Waals surface area contributed by atoms with Crippen LogP contribution in [0.5, 0.6) is 0 Å². The molecule has 3 aliphatic carbocycles. The van der Waals surface area contributed by atoms with Crippen molar-refractivity contribution in [1.29, 1.82) is 0 Å². The minimum absolute atomic E-state index is 0.0211. The van der Waals surface area contributed by atoms with Crippen molar-refractivity contribution in [3.8, 4) is 0 Å². The Hall–Kier alpha value is -0.600. The highest BCUT2D eigenvalue weighted by Gasteiger charge is 2.72. The van der Waals surface area contributed by atoms with Gasteiger partial charge in [0.1, 0.15) is 0 Å². The molecule has 4 fully saturated rings. The molecule has 0 aromatic carbocycles. The van der Waals surface area contributed by atoms with E-state index in [2.05, 4.69) is 59.8 Å². The number of fused-ring (bicyclic) bond motifs is 5. The Morgan fingerprint density at radius 1 is 1.03 bits per heavy atom. The lowest BCUT2D eigenvalue weighted by molar-refractivity contribution is -0.0905. The van der Waals surface area contributed by atoms with Gasteiger partial charge in [-0.05, 0) is 91.4 Å². The molecule has 2 aliphatic heterocycles. The molecule has 10 atom stereocenters. The Bertz CT molecular complexity index is 752. The molecule has 3 saturated carbocycles.